The fourth-order valence-electron chi connectivity index (χ4n) is 2.26. The third kappa shape index (κ3) is 2.13. The van der Waals surface area contributed by atoms with Gasteiger partial charge >= 0.3 is 0 Å². The van der Waals surface area contributed by atoms with Crippen LogP contribution in [0.15, 0.2) is 53.7 Å². The minimum absolute atomic E-state index is 0.0798. The van der Waals surface area contributed by atoms with Crippen LogP contribution in [0.2, 0.25) is 0 Å². The molecule has 0 amide bonds. The van der Waals surface area contributed by atoms with Crippen LogP contribution in [-0.2, 0) is 11.8 Å². The Hall–Kier alpha value is -1.76. The van der Waals surface area contributed by atoms with E-state index in [0.717, 1.165) is 17.7 Å². The summed E-state index contributed by atoms with van der Waals surface area (Å²) in [4.78, 5) is 0. The number of benzene rings is 1. The van der Waals surface area contributed by atoms with Gasteiger partial charge in [-0.05, 0) is 12.0 Å². The molecule has 2 aromatic rings. The lowest BCUT2D eigenvalue weighted by Gasteiger charge is -2.22. The van der Waals surface area contributed by atoms with Gasteiger partial charge in [0, 0.05) is 16.5 Å². The number of furan rings is 1. The summed E-state index contributed by atoms with van der Waals surface area (Å²) in [6.07, 6.45) is 4.84. The molecule has 0 atom stereocenters. The molecule has 1 aromatic heterocycles. The molecule has 0 N–H and O–H groups in total. The van der Waals surface area contributed by atoms with E-state index >= 15 is 0 Å². The smallest absolute Gasteiger partial charge is 0.138 e. The van der Waals surface area contributed by atoms with Crippen LogP contribution in [0.1, 0.15) is 31.9 Å². The van der Waals surface area contributed by atoms with Crippen molar-refractivity contribution in [1.29, 1.82) is 0 Å². The van der Waals surface area contributed by atoms with Crippen molar-refractivity contribution in [3.63, 3.8) is 0 Å². The fourth-order valence-corrected chi connectivity index (χ4v) is 2.26. The summed E-state index contributed by atoms with van der Waals surface area (Å²) >= 11 is 0. The monoisotopic (exact) mass is 240 g/mol. The first-order valence-electron chi connectivity index (χ1n) is 6.40. The van der Waals surface area contributed by atoms with Gasteiger partial charge < -0.3 is 4.42 Å². The molecule has 1 nitrogen and oxygen atoms in total. The summed E-state index contributed by atoms with van der Waals surface area (Å²) < 4.78 is 5.81. The van der Waals surface area contributed by atoms with Crippen molar-refractivity contribution in [2.45, 2.75) is 32.6 Å². The van der Waals surface area contributed by atoms with Crippen LogP contribution in [0.25, 0.3) is 11.3 Å². The molecule has 0 fully saturated rings. The van der Waals surface area contributed by atoms with Gasteiger partial charge in [-0.15, -0.1) is 6.58 Å². The first-order valence-corrected chi connectivity index (χ1v) is 6.40. The molecule has 94 valence electrons. The number of rotatable bonds is 4. The van der Waals surface area contributed by atoms with E-state index < -0.39 is 0 Å². The van der Waals surface area contributed by atoms with Gasteiger partial charge in [0.1, 0.15) is 5.76 Å². The lowest BCUT2D eigenvalue weighted by Crippen LogP contribution is -2.15. The van der Waals surface area contributed by atoms with E-state index in [-0.39, 0.29) is 5.41 Å². The summed E-state index contributed by atoms with van der Waals surface area (Å²) in [5.41, 5.74) is 3.57. The van der Waals surface area contributed by atoms with Crippen molar-refractivity contribution in [1.82, 2.24) is 0 Å². The second-order valence-corrected chi connectivity index (χ2v) is 5.11. The Morgan fingerprint density at radius 3 is 2.44 bits per heavy atom. The molecular formula is C17H20O. The maximum Gasteiger partial charge on any atom is 0.138 e. The van der Waals surface area contributed by atoms with Crippen LogP contribution < -0.4 is 0 Å². The van der Waals surface area contributed by atoms with Crippen molar-refractivity contribution in [3.8, 4) is 11.3 Å². The first-order chi connectivity index (χ1) is 8.60. The minimum Gasteiger partial charge on any atom is -0.464 e. The van der Waals surface area contributed by atoms with E-state index in [1.54, 1.807) is 0 Å². The molecule has 0 saturated heterocycles. The molecule has 1 heteroatoms. The molecule has 0 aliphatic heterocycles. The highest BCUT2D eigenvalue weighted by molar-refractivity contribution is 5.65. The van der Waals surface area contributed by atoms with Crippen molar-refractivity contribution in [2.24, 2.45) is 0 Å². The molecule has 0 unspecified atom stereocenters. The number of aryl methyl sites for hydroxylation is 1. The maximum atomic E-state index is 5.81. The summed E-state index contributed by atoms with van der Waals surface area (Å²) in [6.45, 7) is 10.5. The molecule has 0 aliphatic rings. The predicted octanol–water partition coefficient (Wildman–Crippen LogP) is 4.97. The highest BCUT2D eigenvalue weighted by Crippen LogP contribution is 2.38. The van der Waals surface area contributed by atoms with E-state index in [4.69, 9.17) is 4.42 Å². The molecule has 1 aromatic carbocycles. The molecule has 0 radical (unpaired) electrons. The molecule has 0 aliphatic carbocycles. The van der Waals surface area contributed by atoms with E-state index in [0.29, 0.717) is 0 Å². The summed E-state index contributed by atoms with van der Waals surface area (Å²) in [5.74, 6) is 0.970. The topological polar surface area (TPSA) is 13.1 Å². The van der Waals surface area contributed by atoms with Crippen molar-refractivity contribution < 1.29 is 4.42 Å². The second-order valence-electron chi connectivity index (χ2n) is 5.11. The van der Waals surface area contributed by atoms with Gasteiger partial charge in [0.25, 0.3) is 0 Å². The quantitative estimate of drug-likeness (QED) is 0.687. The second kappa shape index (κ2) is 4.85. The highest BCUT2D eigenvalue weighted by atomic mass is 16.3. The largest absolute Gasteiger partial charge is 0.464 e. The molecule has 0 bridgehead atoms. The van der Waals surface area contributed by atoms with Gasteiger partial charge in [0.2, 0.25) is 0 Å². The molecule has 0 spiro atoms. The third-order valence-electron chi connectivity index (χ3n) is 3.44. The van der Waals surface area contributed by atoms with E-state index in [9.17, 15) is 0 Å². The minimum atomic E-state index is -0.0798. The summed E-state index contributed by atoms with van der Waals surface area (Å²) in [7, 11) is 0. The zero-order chi connectivity index (χ0) is 13.2. The van der Waals surface area contributed by atoms with Gasteiger partial charge in [-0.1, -0.05) is 57.2 Å². The van der Waals surface area contributed by atoms with Gasteiger partial charge in [-0.25, -0.2) is 0 Å². The van der Waals surface area contributed by atoms with Crippen molar-refractivity contribution in [2.75, 3.05) is 0 Å². The zero-order valence-electron chi connectivity index (χ0n) is 11.4. The van der Waals surface area contributed by atoms with Crippen LogP contribution in [0.3, 0.4) is 0 Å². The Bertz CT molecular complexity index is 532. The molecular weight excluding hydrogens is 220 g/mol. The predicted molar refractivity (Wildman–Crippen MR) is 76.7 cm³/mol. The molecule has 1 heterocycles. The van der Waals surface area contributed by atoms with E-state index in [1.165, 1.54) is 11.1 Å². The van der Waals surface area contributed by atoms with Crippen LogP contribution in [0.5, 0.6) is 0 Å². The van der Waals surface area contributed by atoms with Crippen LogP contribution in [0, 0.1) is 0 Å². The Morgan fingerprint density at radius 1 is 1.22 bits per heavy atom. The summed E-state index contributed by atoms with van der Waals surface area (Å²) in [6, 6.07) is 10.3. The maximum absolute atomic E-state index is 5.81. The summed E-state index contributed by atoms with van der Waals surface area (Å²) in [5, 5.41) is 0. The zero-order valence-corrected chi connectivity index (χ0v) is 11.4. The average Bonchev–Trinajstić information content (AvgIpc) is 2.84. The van der Waals surface area contributed by atoms with E-state index in [1.807, 2.05) is 30.5 Å². The van der Waals surface area contributed by atoms with Gasteiger partial charge in [-0.3, -0.25) is 0 Å². The Balaban J connectivity index is 2.63. The van der Waals surface area contributed by atoms with Crippen LogP contribution in [-0.4, -0.2) is 0 Å². The van der Waals surface area contributed by atoms with Gasteiger partial charge in [0.15, 0.2) is 0 Å². The van der Waals surface area contributed by atoms with Gasteiger partial charge in [0.05, 0.1) is 6.26 Å². The first kappa shape index (κ1) is 12.7. The number of hydrogen-bond donors (Lipinski definition) is 0. The van der Waals surface area contributed by atoms with Crippen LogP contribution in [0.4, 0.5) is 0 Å². The Kier molecular flexibility index (Phi) is 3.42. The number of hydrogen-bond acceptors (Lipinski definition) is 1. The van der Waals surface area contributed by atoms with Crippen molar-refractivity contribution >= 4 is 0 Å². The van der Waals surface area contributed by atoms with Gasteiger partial charge in [-0.2, -0.15) is 0 Å². The lowest BCUT2D eigenvalue weighted by atomic mass is 9.81. The Morgan fingerprint density at radius 2 is 1.89 bits per heavy atom. The standard InChI is InChI=1S/C17H20O/c1-5-13-12-18-16(14-10-8-7-9-11-14)15(13)17(3,4)6-2/h6-12H,2,5H2,1,3-4H3. The lowest BCUT2D eigenvalue weighted by molar-refractivity contribution is 0.568. The average molecular weight is 240 g/mol. The normalized spacial score (nSPS) is 11.5. The Labute approximate surface area is 109 Å². The van der Waals surface area contributed by atoms with Crippen molar-refractivity contribution in [3.05, 3.63) is 60.4 Å². The highest BCUT2D eigenvalue weighted by Gasteiger charge is 2.26. The van der Waals surface area contributed by atoms with E-state index in [2.05, 4.69) is 39.5 Å². The molecule has 18 heavy (non-hydrogen) atoms. The van der Waals surface area contributed by atoms with Crippen LogP contribution >= 0.6 is 0 Å². The third-order valence-corrected chi connectivity index (χ3v) is 3.44. The number of allylic oxidation sites excluding steroid dienone is 1. The fraction of sp³-hybridized carbons (Fsp3) is 0.294. The molecule has 0 saturated carbocycles. The SMILES string of the molecule is C=CC(C)(C)c1c(CC)coc1-c1ccccc1. The molecule has 2 rings (SSSR count).